The number of nitro groups is 1. The highest BCUT2D eigenvalue weighted by Crippen LogP contribution is 2.42. The average Bonchev–Trinajstić information content (AvgIpc) is 3.59. The molecule has 0 aliphatic carbocycles. The lowest BCUT2D eigenvalue weighted by Gasteiger charge is -2.26. The molecular weight excluding hydrogens is 590 g/mol. The van der Waals surface area contributed by atoms with Gasteiger partial charge in [-0.25, -0.2) is 9.79 Å². The van der Waals surface area contributed by atoms with Crippen molar-refractivity contribution in [3.8, 4) is 28.6 Å². The van der Waals surface area contributed by atoms with Gasteiger partial charge in [0.05, 0.1) is 54.7 Å². The number of nitro benzene ring substituents is 1. The molecule has 1 atom stereocenters. The summed E-state index contributed by atoms with van der Waals surface area (Å²) in [6.07, 6.45) is 1.58. The number of benzene rings is 2. The molecule has 13 heteroatoms. The van der Waals surface area contributed by atoms with Gasteiger partial charge in [0.2, 0.25) is 5.75 Å². The number of nitrogens with zero attached hydrogens (tertiary/aromatic N) is 3. The highest BCUT2D eigenvalue weighted by molar-refractivity contribution is 7.07. The summed E-state index contributed by atoms with van der Waals surface area (Å²) in [7, 11) is 4.44. The fourth-order valence-corrected chi connectivity index (χ4v) is 6.19. The zero-order chi connectivity index (χ0) is 31.7. The first kappa shape index (κ1) is 30.3. The van der Waals surface area contributed by atoms with Gasteiger partial charge in [-0.3, -0.25) is 19.5 Å². The van der Waals surface area contributed by atoms with Crippen LogP contribution in [0.5, 0.6) is 17.2 Å². The standard InChI is InChI=1S/C31H29N3O9S/c1-7-42-30(36)26-17(3)32-31-33(27(26)18-13-23(39-4)28(41-6)24(14-18)40-5)29(35)25(44-31)15-19-11-12-22(43-19)20-9-8-10-21(16(20)2)34(37)38/h8-15,27H,7H2,1-6H3/b25-15-/t27-/m0/s1. The maximum absolute atomic E-state index is 14.0. The number of allylic oxidation sites excluding steroid dienone is 1. The Morgan fingerprint density at radius 3 is 2.43 bits per heavy atom. The number of furan rings is 1. The fourth-order valence-electron chi connectivity index (χ4n) is 5.16. The smallest absolute Gasteiger partial charge is 0.338 e. The van der Waals surface area contributed by atoms with E-state index in [9.17, 15) is 19.7 Å². The molecule has 12 nitrogen and oxygen atoms in total. The van der Waals surface area contributed by atoms with Gasteiger partial charge < -0.3 is 23.4 Å². The summed E-state index contributed by atoms with van der Waals surface area (Å²) in [5.74, 6) is 1.23. The number of fused-ring (bicyclic) bond motifs is 1. The third kappa shape index (κ3) is 5.26. The van der Waals surface area contributed by atoms with Gasteiger partial charge in [-0.05, 0) is 50.6 Å². The zero-order valence-corrected chi connectivity index (χ0v) is 25.6. The minimum Gasteiger partial charge on any atom is -0.493 e. The van der Waals surface area contributed by atoms with E-state index in [-0.39, 0.29) is 17.9 Å². The van der Waals surface area contributed by atoms with E-state index in [1.165, 1.54) is 32.0 Å². The number of ether oxygens (including phenoxy) is 4. The molecule has 3 heterocycles. The number of thiazole rings is 1. The number of esters is 1. The zero-order valence-electron chi connectivity index (χ0n) is 24.8. The number of aromatic nitrogens is 1. The van der Waals surface area contributed by atoms with Crippen LogP contribution >= 0.6 is 11.3 Å². The van der Waals surface area contributed by atoms with Crippen LogP contribution in [0.3, 0.4) is 0 Å². The minimum atomic E-state index is -0.916. The van der Waals surface area contributed by atoms with Crippen LogP contribution in [-0.2, 0) is 9.53 Å². The van der Waals surface area contributed by atoms with E-state index in [2.05, 4.69) is 4.99 Å². The van der Waals surface area contributed by atoms with E-state index in [0.717, 1.165) is 11.3 Å². The largest absolute Gasteiger partial charge is 0.493 e. The number of hydrogen-bond acceptors (Lipinski definition) is 11. The summed E-state index contributed by atoms with van der Waals surface area (Å²) < 4.78 is 29.7. The van der Waals surface area contributed by atoms with Crippen LogP contribution in [0.4, 0.5) is 5.69 Å². The van der Waals surface area contributed by atoms with Crippen molar-refractivity contribution in [3.63, 3.8) is 0 Å². The van der Waals surface area contributed by atoms with Gasteiger partial charge in [0.1, 0.15) is 11.5 Å². The number of hydrogen-bond donors (Lipinski definition) is 0. The van der Waals surface area contributed by atoms with Crippen molar-refractivity contribution in [1.29, 1.82) is 0 Å². The van der Waals surface area contributed by atoms with E-state index in [1.807, 2.05) is 0 Å². The molecule has 4 aromatic rings. The third-order valence-corrected chi connectivity index (χ3v) is 8.17. The van der Waals surface area contributed by atoms with E-state index in [1.54, 1.807) is 63.2 Å². The molecule has 0 fully saturated rings. The molecule has 0 amide bonds. The number of methoxy groups -OCH3 is 3. The number of rotatable bonds is 9. The molecule has 0 radical (unpaired) electrons. The lowest BCUT2D eigenvalue weighted by atomic mass is 9.95. The Morgan fingerprint density at radius 1 is 1.11 bits per heavy atom. The molecule has 0 saturated heterocycles. The van der Waals surface area contributed by atoms with Crippen molar-refractivity contribution >= 4 is 29.1 Å². The van der Waals surface area contributed by atoms with Gasteiger partial charge in [0.15, 0.2) is 16.3 Å². The van der Waals surface area contributed by atoms with Gasteiger partial charge in [-0.1, -0.05) is 23.5 Å². The Balaban J connectivity index is 1.68. The van der Waals surface area contributed by atoms with Crippen LogP contribution in [-0.4, -0.2) is 43.4 Å². The lowest BCUT2D eigenvalue weighted by molar-refractivity contribution is -0.385. The average molecular weight is 620 g/mol. The lowest BCUT2D eigenvalue weighted by Crippen LogP contribution is -2.40. The van der Waals surface area contributed by atoms with Gasteiger partial charge in [0.25, 0.3) is 11.2 Å². The van der Waals surface area contributed by atoms with Crippen LogP contribution in [0.15, 0.2) is 67.9 Å². The Morgan fingerprint density at radius 2 is 1.82 bits per heavy atom. The van der Waals surface area contributed by atoms with Crippen LogP contribution in [0, 0.1) is 17.0 Å². The Bertz CT molecular complexity index is 1980. The monoisotopic (exact) mass is 619 g/mol. The Hall–Kier alpha value is -5.17. The summed E-state index contributed by atoms with van der Waals surface area (Å²) in [6, 6.07) is 10.6. The first-order valence-corrected chi connectivity index (χ1v) is 14.3. The molecule has 5 rings (SSSR count). The highest BCUT2D eigenvalue weighted by atomic mass is 32.1. The van der Waals surface area contributed by atoms with Gasteiger partial charge in [-0.2, -0.15) is 0 Å². The molecule has 0 spiro atoms. The van der Waals surface area contributed by atoms with Crippen molar-refractivity contribution in [2.24, 2.45) is 4.99 Å². The predicted molar refractivity (Wildman–Crippen MR) is 162 cm³/mol. The van der Waals surface area contributed by atoms with E-state index in [0.29, 0.717) is 60.5 Å². The highest BCUT2D eigenvalue weighted by Gasteiger charge is 2.35. The number of carbonyl (C=O) groups is 1. The van der Waals surface area contributed by atoms with Crippen LogP contribution in [0.25, 0.3) is 17.4 Å². The molecule has 0 N–H and O–H groups in total. The molecule has 0 unspecified atom stereocenters. The first-order valence-electron chi connectivity index (χ1n) is 13.5. The fraction of sp³-hybridized carbons (Fsp3) is 0.258. The molecule has 2 aromatic heterocycles. The predicted octanol–water partition coefficient (Wildman–Crippen LogP) is 4.30. The van der Waals surface area contributed by atoms with E-state index >= 15 is 0 Å². The van der Waals surface area contributed by atoms with Crippen molar-refractivity contribution in [2.45, 2.75) is 26.8 Å². The molecule has 0 saturated carbocycles. The van der Waals surface area contributed by atoms with Crippen molar-refractivity contribution in [3.05, 3.63) is 100 Å². The molecule has 44 heavy (non-hydrogen) atoms. The summed E-state index contributed by atoms with van der Waals surface area (Å²) in [4.78, 5) is 43.2. The van der Waals surface area contributed by atoms with Crippen molar-refractivity contribution in [1.82, 2.24) is 4.57 Å². The molecular formula is C31H29N3O9S. The maximum Gasteiger partial charge on any atom is 0.338 e. The van der Waals surface area contributed by atoms with E-state index in [4.69, 9.17) is 23.4 Å². The normalized spacial score (nSPS) is 14.6. The minimum absolute atomic E-state index is 0.0201. The third-order valence-electron chi connectivity index (χ3n) is 7.19. The topological polar surface area (TPSA) is 145 Å². The summed E-state index contributed by atoms with van der Waals surface area (Å²) in [5.41, 5.74) is 1.71. The second-order valence-corrected chi connectivity index (χ2v) is 10.7. The van der Waals surface area contributed by atoms with E-state index < -0.39 is 22.5 Å². The summed E-state index contributed by atoms with van der Waals surface area (Å²) >= 11 is 1.13. The SMILES string of the molecule is CCOC(=O)C1=C(C)N=c2s/c(=C\c3ccc(-c4cccc([N+](=O)[O-])c4C)o3)c(=O)n2[C@H]1c1cc(OC)c(OC)c(OC)c1. The quantitative estimate of drug-likeness (QED) is 0.152. The van der Waals surface area contributed by atoms with Crippen LogP contribution in [0.2, 0.25) is 0 Å². The molecule has 2 aromatic carbocycles. The van der Waals surface area contributed by atoms with Crippen LogP contribution in [0.1, 0.15) is 36.8 Å². The van der Waals surface area contributed by atoms with Crippen LogP contribution < -0.4 is 29.1 Å². The summed E-state index contributed by atoms with van der Waals surface area (Å²) in [6.45, 7) is 5.17. The van der Waals surface area contributed by atoms with Crippen molar-refractivity contribution in [2.75, 3.05) is 27.9 Å². The summed E-state index contributed by atoms with van der Waals surface area (Å²) in [5, 5.41) is 11.4. The van der Waals surface area contributed by atoms with Gasteiger partial charge in [-0.15, -0.1) is 0 Å². The maximum atomic E-state index is 14.0. The van der Waals surface area contributed by atoms with Gasteiger partial charge in [0, 0.05) is 23.3 Å². The Labute approximate surface area is 255 Å². The number of carbonyl (C=O) groups excluding carboxylic acids is 1. The molecule has 0 bridgehead atoms. The van der Waals surface area contributed by atoms with Crippen molar-refractivity contribution < 1.29 is 33.1 Å². The molecule has 1 aliphatic heterocycles. The molecule has 1 aliphatic rings. The van der Waals surface area contributed by atoms with Gasteiger partial charge >= 0.3 is 5.97 Å². The Kier molecular flexibility index (Phi) is 8.41. The first-order chi connectivity index (χ1) is 21.1. The second-order valence-electron chi connectivity index (χ2n) is 9.67. The second kappa shape index (κ2) is 12.2. The molecule has 228 valence electrons.